The lowest BCUT2D eigenvalue weighted by molar-refractivity contribution is 0.474. The van der Waals surface area contributed by atoms with E-state index < -0.39 is 0 Å². The van der Waals surface area contributed by atoms with Gasteiger partial charge >= 0.3 is 0 Å². The monoisotopic (exact) mass is 354 g/mol. The second-order valence-corrected chi connectivity index (χ2v) is 6.69. The van der Waals surface area contributed by atoms with Gasteiger partial charge in [0.2, 0.25) is 5.95 Å². The normalized spacial score (nSPS) is 14.8. The van der Waals surface area contributed by atoms with Gasteiger partial charge in [0.1, 0.15) is 17.7 Å². The van der Waals surface area contributed by atoms with E-state index in [0.717, 1.165) is 18.7 Å². The first-order valence-corrected chi connectivity index (χ1v) is 8.68. The maximum Gasteiger partial charge on any atom is 0.226 e. The predicted octanol–water partition coefficient (Wildman–Crippen LogP) is 2.66. The molecule has 0 radical (unpaired) electrons. The van der Waals surface area contributed by atoms with Gasteiger partial charge in [-0.2, -0.15) is 10.2 Å². The van der Waals surface area contributed by atoms with Gasteiger partial charge in [-0.1, -0.05) is 6.07 Å². The van der Waals surface area contributed by atoms with E-state index in [1.54, 1.807) is 18.3 Å². The van der Waals surface area contributed by atoms with Crippen molar-refractivity contribution in [1.82, 2.24) is 9.97 Å². The Bertz CT molecular complexity index is 808. The highest BCUT2D eigenvalue weighted by atomic mass is 19.1. The molecule has 0 saturated carbocycles. The molecule has 0 atom stereocenters. The summed E-state index contributed by atoms with van der Waals surface area (Å²) >= 11 is 0. The Hall–Kier alpha value is -2.88. The Morgan fingerprint density at radius 3 is 2.58 bits per heavy atom. The quantitative estimate of drug-likeness (QED) is 0.841. The smallest absolute Gasteiger partial charge is 0.226 e. The van der Waals surface area contributed by atoms with Gasteiger partial charge in [0.15, 0.2) is 0 Å². The molecule has 26 heavy (non-hydrogen) atoms. The minimum absolute atomic E-state index is 0.313. The molecule has 0 N–H and O–H groups in total. The molecule has 0 spiro atoms. The third kappa shape index (κ3) is 3.54. The molecular weight excluding hydrogens is 331 g/mol. The van der Waals surface area contributed by atoms with E-state index in [9.17, 15) is 9.65 Å². The van der Waals surface area contributed by atoms with Crippen LogP contribution in [0, 0.1) is 17.1 Å². The first-order chi connectivity index (χ1) is 12.5. The van der Waals surface area contributed by atoms with E-state index in [-0.39, 0.29) is 5.82 Å². The van der Waals surface area contributed by atoms with Gasteiger partial charge in [0.05, 0.1) is 11.3 Å². The topological polar surface area (TPSA) is 59.3 Å². The average molecular weight is 354 g/mol. The van der Waals surface area contributed by atoms with Crippen molar-refractivity contribution in [2.75, 3.05) is 48.9 Å². The molecule has 6 nitrogen and oxygen atoms in total. The van der Waals surface area contributed by atoms with E-state index in [2.05, 4.69) is 20.9 Å². The van der Waals surface area contributed by atoms with Gasteiger partial charge in [0.25, 0.3) is 0 Å². The van der Waals surface area contributed by atoms with E-state index in [4.69, 9.17) is 0 Å². The second kappa shape index (κ2) is 7.56. The SMILES string of the molecule is CN(C)c1nccc(N(C)C2CCN(c3c(F)cccc3C#N)CC2)n1. The number of hydrogen-bond acceptors (Lipinski definition) is 6. The van der Waals surface area contributed by atoms with Crippen LogP contribution in [0.4, 0.5) is 21.8 Å². The fourth-order valence-corrected chi connectivity index (χ4v) is 3.34. The maximum absolute atomic E-state index is 14.2. The van der Waals surface area contributed by atoms with Crippen molar-refractivity contribution in [3.05, 3.63) is 41.8 Å². The van der Waals surface area contributed by atoms with Crippen LogP contribution in [0.1, 0.15) is 18.4 Å². The lowest BCUT2D eigenvalue weighted by Gasteiger charge is -2.38. The summed E-state index contributed by atoms with van der Waals surface area (Å²) < 4.78 is 14.2. The number of hydrogen-bond donors (Lipinski definition) is 0. The average Bonchev–Trinajstić information content (AvgIpc) is 2.67. The largest absolute Gasteiger partial charge is 0.368 e. The van der Waals surface area contributed by atoms with Gasteiger partial charge in [0, 0.05) is 46.5 Å². The van der Waals surface area contributed by atoms with Crippen LogP contribution >= 0.6 is 0 Å². The van der Waals surface area contributed by atoms with Crippen LogP contribution < -0.4 is 14.7 Å². The van der Waals surface area contributed by atoms with Gasteiger partial charge in [-0.05, 0) is 31.0 Å². The molecule has 2 heterocycles. The van der Waals surface area contributed by atoms with Crippen molar-refractivity contribution in [3.63, 3.8) is 0 Å². The number of nitriles is 1. The molecular formula is C19H23FN6. The zero-order valence-corrected chi connectivity index (χ0v) is 15.4. The summed E-state index contributed by atoms with van der Waals surface area (Å²) in [6.07, 6.45) is 3.51. The molecule has 136 valence electrons. The summed E-state index contributed by atoms with van der Waals surface area (Å²) in [6, 6.07) is 8.98. The van der Waals surface area contributed by atoms with Gasteiger partial charge in [-0.3, -0.25) is 0 Å². The van der Waals surface area contributed by atoms with E-state index in [0.29, 0.717) is 36.3 Å². The summed E-state index contributed by atoms with van der Waals surface area (Å²) in [7, 11) is 5.86. The molecule has 1 fully saturated rings. The number of nitrogens with zero attached hydrogens (tertiary/aromatic N) is 6. The molecule has 1 aromatic heterocycles. The van der Waals surface area contributed by atoms with Crippen LogP contribution in [0.5, 0.6) is 0 Å². The highest BCUT2D eigenvalue weighted by molar-refractivity contribution is 5.60. The Kier molecular flexibility index (Phi) is 5.21. The number of piperidine rings is 1. The van der Waals surface area contributed by atoms with E-state index in [1.165, 1.54) is 6.07 Å². The van der Waals surface area contributed by atoms with Crippen LogP contribution in [0.25, 0.3) is 0 Å². The van der Waals surface area contributed by atoms with Crippen LogP contribution in [0.15, 0.2) is 30.5 Å². The molecule has 0 amide bonds. The molecule has 0 bridgehead atoms. The number of para-hydroxylation sites is 1. The predicted molar refractivity (Wildman–Crippen MR) is 101 cm³/mol. The Balaban J connectivity index is 1.71. The van der Waals surface area contributed by atoms with Gasteiger partial charge in [-0.25, -0.2) is 9.37 Å². The summed E-state index contributed by atoms with van der Waals surface area (Å²) in [5.74, 6) is 1.23. The van der Waals surface area contributed by atoms with Crippen LogP contribution in [0.3, 0.4) is 0 Å². The van der Waals surface area contributed by atoms with Crippen molar-refractivity contribution < 1.29 is 4.39 Å². The van der Waals surface area contributed by atoms with E-state index >= 15 is 0 Å². The minimum Gasteiger partial charge on any atom is -0.368 e. The number of halogens is 1. The van der Waals surface area contributed by atoms with Gasteiger partial charge < -0.3 is 14.7 Å². The Morgan fingerprint density at radius 2 is 1.92 bits per heavy atom. The fraction of sp³-hybridized carbons (Fsp3) is 0.421. The van der Waals surface area contributed by atoms with Crippen molar-refractivity contribution >= 4 is 17.5 Å². The zero-order chi connectivity index (χ0) is 18.7. The molecule has 1 aromatic carbocycles. The summed E-state index contributed by atoms with van der Waals surface area (Å²) in [6.45, 7) is 1.41. The van der Waals surface area contributed by atoms with E-state index in [1.807, 2.05) is 37.0 Å². The molecule has 2 aromatic rings. The summed E-state index contributed by atoms with van der Waals surface area (Å²) in [5.41, 5.74) is 0.816. The van der Waals surface area contributed by atoms with Crippen molar-refractivity contribution in [1.29, 1.82) is 5.26 Å². The highest BCUT2D eigenvalue weighted by Gasteiger charge is 2.26. The Morgan fingerprint density at radius 1 is 1.19 bits per heavy atom. The van der Waals surface area contributed by atoms with Crippen LogP contribution in [0.2, 0.25) is 0 Å². The molecule has 1 saturated heterocycles. The third-order valence-electron chi connectivity index (χ3n) is 4.83. The molecule has 0 unspecified atom stereocenters. The molecule has 7 heteroatoms. The molecule has 3 rings (SSSR count). The first-order valence-electron chi connectivity index (χ1n) is 8.68. The number of rotatable bonds is 4. The Labute approximate surface area is 153 Å². The van der Waals surface area contributed by atoms with Crippen LogP contribution in [-0.2, 0) is 0 Å². The summed E-state index contributed by atoms with van der Waals surface area (Å²) in [5, 5.41) is 9.26. The number of aromatic nitrogens is 2. The van der Waals surface area contributed by atoms with Crippen LogP contribution in [-0.4, -0.2) is 50.2 Å². The standard InChI is InChI=1S/C19H23FN6/c1-24(2)19-22-10-7-17(23-19)25(3)15-8-11-26(12-9-15)18-14(13-21)5-4-6-16(18)20/h4-7,10,15H,8-9,11-12H2,1-3H3. The number of benzene rings is 1. The third-order valence-corrected chi connectivity index (χ3v) is 4.83. The molecule has 0 aliphatic carbocycles. The second-order valence-electron chi connectivity index (χ2n) is 6.69. The molecule has 1 aliphatic heterocycles. The minimum atomic E-state index is -0.331. The first kappa shape index (κ1) is 17.9. The van der Waals surface area contributed by atoms with Gasteiger partial charge in [-0.15, -0.1) is 0 Å². The maximum atomic E-state index is 14.2. The zero-order valence-electron chi connectivity index (χ0n) is 15.4. The summed E-state index contributed by atoms with van der Waals surface area (Å²) in [4.78, 5) is 14.9. The highest BCUT2D eigenvalue weighted by Crippen LogP contribution is 2.29. The van der Waals surface area contributed by atoms with Crippen molar-refractivity contribution in [2.24, 2.45) is 0 Å². The van der Waals surface area contributed by atoms with Crippen molar-refractivity contribution in [2.45, 2.75) is 18.9 Å². The number of anilines is 3. The fourth-order valence-electron chi connectivity index (χ4n) is 3.34. The molecule has 1 aliphatic rings. The lowest BCUT2D eigenvalue weighted by Crippen LogP contribution is -2.44. The lowest BCUT2D eigenvalue weighted by atomic mass is 10.0. The van der Waals surface area contributed by atoms with Crippen molar-refractivity contribution in [3.8, 4) is 6.07 Å².